The number of carbonyl (C=O) groups is 1. The van der Waals surface area contributed by atoms with Crippen molar-refractivity contribution in [1.29, 1.82) is 0 Å². The molecule has 0 unspecified atom stereocenters. The van der Waals surface area contributed by atoms with Crippen molar-refractivity contribution >= 4 is 34.0 Å². The second-order valence-electron chi connectivity index (χ2n) is 7.78. The maximum absolute atomic E-state index is 13.0. The Bertz CT molecular complexity index is 1510. The van der Waals surface area contributed by atoms with Crippen molar-refractivity contribution in [2.75, 3.05) is 10.6 Å². The summed E-state index contributed by atoms with van der Waals surface area (Å²) in [4.78, 5) is 24.5. The van der Waals surface area contributed by atoms with Crippen LogP contribution in [-0.2, 0) is 6.18 Å². The molecule has 0 radical (unpaired) electrons. The van der Waals surface area contributed by atoms with Gasteiger partial charge in [-0.3, -0.25) is 9.78 Å². The number of nitrogens with zero attached hydrogens (tertiary/aromatic N) is 2. The van der Waals surface area contributed by atoms with Gasteiger partial charge in [0.05, 0.1) is 16.9 Å². The molecular weight excluding hydrogens is 455 g/mol. The largest absolute Gasteiger partial charge is 0.416 e. The van der Waals surface area contributed by atoms with Crippen LogP contribution in [0.2, 0.25) is 0 Å². The Morgan fingerprint density at radius 3 is 2.54 bits per heavy atom. The summed E-state index contributed by atoms with van der Waals surface area (Å²) in [7, 11) is 0. The van der Waals surface area contributed by atoms with E-state index < -0.39 is 17.6 Å². The number of benzene rings is 2. The topological polar surface area (TPSA) is 82.7 Å². The van der Waals surface area contributed by atoms with Crippen molar-refractivity contribution in [2.24, 2.45) is 0 Å². The van der Waals surface area contributed by atoms with E-state index in [0.717, 1.165) is 34.5 Å². The Hall–Kier alpha value is -4.66. The molecule has 6 nitrogen and oxygen atoms in total. The lowest BCUT2D eigenvalue weighted by Crippen LogP contribution is -2.14. The van der Waals surface area contributed by atoms with Gasteiger partial charge in [0.2, 0.25) is 0 Å². The monoisotopic (exact) mass is 473 g/mol. The molecule has 0 spiro atoms. The predicted octanol–water partition coefficient (Wildman–Crippen LogP) is 6.64. The van der Waals surface area contributed by atoms with Gasteiger partial charge >= 0.3 is 6.18 Å². The highest BCUT2D eigenvalue weighted by atomic mass is 19.4. The highest BCUT2D eigenvalue weighted by Gasteiger charge is 2.30. The first-order valence-electron chi connectivity index (χ1n) is 10.6. The Balaban J connectivity index is 1.40. The summed E-state index contributed by atoms with van der Waals surface area (Å²) in [5, 5.41) is 6.88. The zero-order chi connectivity index (χ0) is 24.4. The van der Waals surface area contributed by atoms with Gasteiger partial charge in [-0.15, -0.1) is 0 Å². The van der Waals surface area contributed by atoms with Crippen LogP contribution in [0.1, 0.15) is 15.9 Å². The van der Waals surface area contributed by atoms with Crippen molar-refractivity contribution in [3.05, 3.63) is 103 Å². The third-order valence-corrected chi connectivity index (χ3v) is 5.34. The summed E-state index contributed by atoms with van der Waals surface area (Å²) in [6.07, 6.45) is 0.685. The van der Waals surface area contributed by atoms with Crippen molar-refractivity contribution in [2.45, 2.75) is 6.18 Å². The van der Waals surface area contributed by atoms with E-state index in [1.165, 1.54) is 12.1 Å². The molecule has 0 aliphatic heterocycles. The number of aromatic nitrogens is 3. The lowest BCUT2D eigenvalue weighted by atomic mass is 10.1. The fourth-order valence-electron chi connectivity index (χ4n) is 3.67. The van der Waals surface area contributed by atoms with E-state index in [4.69, 9.17) is 0 Å². The minimum absolute atomic E-state index is 0.0811. The van der Waals surface area contributed by atoms with E-state index in [-0.39, 0.29) is 5.56 Å². The van der Waals surface area contributed by atoms with Gasteiger partial charge in [0.1, 0.15) is 5.65 Å². The summed E-state index contributed by atoms with van der Waals surface area (Å²) >= 11 is 0. The molecule has 3 aromatic heterocycles. The first kappa shape index (κ1) is 22.1. The summed E-state index contributed by atoms with van der Waals surface area (Å²) in [5.41, 5.74) is 3.22. The number of aromatic amines is 1. The number of nitrogens with one attached hydrogen (secondary N) is 3. The number of carbonyl (C=O) groups excluding carboxylic acids is 1. The van der Waals surface area contributed by atoms with Gasteiger partial charge in [-0.05, 0) is 60.7 Å². The SMILES string of the molecule is O=C(Nc1cccc(Nc2cc(-c3cccnc3)nc3[nH]ccc23)c1)c1cccc(C(F)(F)F)c1. The first-order valence-corrected chi connectivity index (χ1v) is 10.6. The van der Waals surface area contributed by atoms with Gasteiger partial charge < -0.3 is 15.6 Å². The zero-order valence-corrected chi connectivity index (χ0v) is 18.1. The summed E-state index contributed by atoms with van der Waals surface area (Å²) in [6, 6.07) is 18.8. The second-order valence-corrected chi connectivity index (χ2v) is 7.78. The number of hydrogen-bond acceptors (Lipinski definition) is 4. The van der Waals surface area contributed by atoms with Gasteiger partial charge in [-0.1, -0.05) is 12.1 Å². The van der Waals surface area contributed by atoms with E-state index >= 15 is 0 Å². The number of amides is 1. The third-order valence-electron chi connectivity index (χ3n) is 5.34. The van der Waals surface area contributed by atoms with Crippen LogP contribution in [0.4, 0.5) is 30.2 Å². The second kappa shape index (κ2) is 8.94. The van der Waals surface area contributed by atoms with E-state index in [1.807, 2.05) is 30.3 Å². The fourth-order valence-corrected chi connectivity index (χ4v) is 3.67. The molecule has 0 atom stereocenters. The van der Waals surface area contributed by atoms with Crippen molar-refractivity contribution in [3.63, 3.8) is 0 Å². The molecule has 3 heterocycles. The van der Waals surface area contributed by atoms with Gasteiger partial charge in [0.15, 0.2) is 0 Å². The molecule has 3 N–H and O–H groups in total. The molecule has 174 valence electrons. The van der Waals surface area contributed by atoms with E-state index in [0.29, 0.717) is 17.0 Å². The van der Waals surface area contributed by atoms with E-state index in [9.17, 15) is 18.0 Å². The van der Waals surface area contributed by atoms with E-state index in [2.05, 4.69) is 25.6 Å². The molecule has 2 aromatic carbocycles. The van der Waals surface area contributed by atoms with Crippen LogP contribution in [0, 0.1) is 0 Å². The first-order chi connectivity index (χ1) is 16.9. The quantitative estimate of drug-likeness (QED) is 0.267. The van der Waals surface area contributed by atoms with E-state index in [1.54, 1.807) is 36.8 Å². The Labute approximate surface area is 197 Å². The third kappa shape index (κ3) is 4.84. The standard InChI is InChI=1S/C26H18F3N5O/c27-26(28,29)18-6-1-4-16(12-18)25(35)33-20-8-2-7-19(13-20)32-23-14-22(17-5-3-10-30-15-17)34-24-21(23)9-11-31-24/h1-15H,(H,33,35)(H2,31,32,34). The molecule has 9 heteroatoms. The molecule has 0 fully saturated rings. The molecule has 0 aliphatic rings. The number of H-pyrrole nitrogens is 1. The number of rotatable bonds is 5. The number of halogens is 3. The summed E-state index contributed by atoms with van der Waals surface area (Å²) in [6.45, 7) is 0. The Morgan fingerprint density at radius 1 is 0.914 bits per heavy atom. The number of pyridine rings is 2. The molecule has 0 bridgehead atoms. The van der Waals surface area contributed by atoms with Crippen LogP contribution < -0.4 is 10.6 Å². The minimum Gasteiger partial charge on any atom is -0.355 e. The van der Waals surface area contributed by atoms with Crippen molar-refractivity contribution < 1.29 is 18.0 Å². The Morgan fingerprint density at radius 2 is 1.74 bits per heavy atom. The predicted molar refractivity (Wildman–Crippen MR) is 128 cm³/mol. The van der Waals surface area contributed by atoms with Crippen LogP contribution in [0.15, 0.2) is 91.4 Å². The molecule has 35 heavy (non-hydrogen) atoms. The number of fused-ring (bicyclic) bond motifs is 1. The lowest BCUT2D eigenvalue weighted by Gasteiger charge is -2.12. The summed E-state index contributed by atoms with van der Waals surface area (Å²) in [5.74, 6) is -0.635. The fraction of sp³-hybridized carbons (Fsp3) is 0.0385. The molecule has 5 aromatic rings. The normalized spacial score (nSPS) is 11.4. The number of alkyl halides is 3. The van der Waals surface area contributed by atoms with Crippen LogP contribution in [0.25, 0.3) is 22.3 Å². The molecular formula is C26H18F3N5O. The van der Waals surface area contributed by atoms with Crippen LogP contribution in [0.5, 0.6) is 0 Å². The van der Waals surface area contributed by atoms with Crippen molar-refractivity contribution in [1.82, 2.24) is 15.0 Å². The number of anilines is 3. The molecule has 0 saturated heterocycles. The Kier molecular flexibility index (Phi) is 5.66. The minimum atomic E-state index is -4.52. The smallest absolute Gasteiger partial charge is 0.355 e. The van der Waals surface area contributed by atoms with Crippen LogP contribution in [-0.4, -0.2) is 20.9 Å². The molecule has 1 amide bonds. The summed E-state index contributed by atoms with van der Waals surface area (Å²) < 4.78 is 39.0. The molecule has 5 rings (SSSR count). The molecule has 0 saturated carbocycles. The van der Waals surface area contributed by atoms with Crippen molar-refractivity contribution in [3.8, 4) is 11.3 Å². The van der Waals surface area contributed by atoms with Gasteiger partial charge in [0, 0.05) is 46.5 Å². The molecule has 0 aliphatic carbocycles. The van der Waals surface area contributed by atoms with Crippen LogP contribution >= 0.6 is 0 Å². The average molecular weight is 473 g/mol. The lowest BCUT2D eigenvalue weighted by molar-refractivity contribution is -0.137. The maximum Gasteiger partial charge on any atom is 0.416 e. The van der Waals surface area contributed by atoms with Gasteiger partial charge in [0.25, 0.3) is 5.91 Å². The van der Waals surface area contributed by atoms with Crippen LogP contribution in [0.3, 0.4) is 0 Å². The maximum atomic E-state index is 13.0. The van der Waals surface area contributed by atoms with Gasteiger partial charge in [-0.2, -0.15) is 13.2 Å². The zero-order valence-electron chi connectivity index (χ0n) is 18.1. The van der Waals surface area contributed by atoms with Gasteiger partial charge in [-0.25, -0.2) is 4.98 Å². The highest BCUT2D eigenvalue weighted by Crippen LogP contribution is 2.31. The average Bonchev–Trinajstić information content (AvgIpc) is 3.34. The highest BCUT2D eigenvalue weighted by molar-refractivity contribution is 6.04. The number of hydrogen-bond donors (Lipinski definition) is 3.